The maximum absolute atomic E-state index is 13.1. The highest BCUT2D eigenvalue weighted by Gasteiger charge is 2.37. The Bertz CT molecular complexity index is 435. The molecular weight excluding hydrogens is 224 g/mol. The van der Waals surface area contributed by atoms with Crippen LogP contribution in [0.3, 0.4) is 0 Å². The Kier molecular flexibility index (Phi) is 3.26. The lowest BCUT2D eigenvalue weighted by Crippen LogP contribution is -2.31. The third-order valence-electron chi connectivity index (χ3n) is 3.17. The van der Waals surface area contributed by atoms with Crippen molar-refractivity contribution < 1.29 is 13.9 Å². The Morgan fingerprint density at radius 2 is 2.18 bits per heavy atom. The fraction of sp³-hybridized carbons (Fsp3) is 0.385. The standard InChI is InChI=1S/C13H15F2NO/c1-2-6-16-7-5-13(17,9-16)10-3-4-11(14)12(15)8-10/h2-4,8,17H,1,5-7,9H2. The maximum atomic E-state index is 13.1. The molecule has 1 atom stereocenters. The van der Waals surface area contributed by atoms with Gasteiger partial charge >= 0.3 is 0 Å². The lowest BCUT2D eigenvalue weighted by Gasteiger charge is -2.23. The van der Waals surface area contributed by atoms with Crippen molar-refractivity contribution in [2.45, 2.75) is 12.0 Å². The van der Waals surface area contributed by atoms with E-state index in [0.29, 0.717) is 25.1 Å². The van der Waals surface area contributed by atoms with Gasteiger partial charge in [0.15, 0.2) is 11.6 Å². The van der Waals surface area contributed by atoms with Gasteiger partial charge in [0.05, 0.1) is 0 Å². The van der Waals surface area contributed by atoms with E-state index in [4.69, 9.17) is 0 Å². The minimum Gasteiger partial charge on any atom is -0.384 e. The lowest BCUT2D eigenvalue weighted by atomic mass is 9.93. The van der Waals surface area contributed by atoms with Crippen LogP contribution < -0.4 is 0 Å². The topological polar surface area (TPSA) is 23.5 Å². The van der Waals surface area contributed by atoms with E-state index in [2.05, 4.69) is 6.58 Å². The quantitative estimate of drug-likeness (QED) is 0.816. The van der Waals surface area contributed by atoms with E-state index in [9.17, 15) is 13.9 Å². The summed E-state index contributed by atoms with van der Waals surface area (Å²) >= 11 is 0. The smallest absolute Gasteiger partial charge is 0.159 e. The first-order chi connectivity index (χ1) is 8.05. The fourth-order valence-electron chi connectivity index (χ4n) is 2.23. The summed E-state index contributed by atoms with van der Waals surface area (Å²) < 4.78 is 26.0. The van der Waals surface area contributed by atoms with Gasteiger partial charge in [-0.1, -0.05) is 12.1 Å². The molecule has 1 unspecified atom stereocenters. The normalized spacial score (nSPS) is 25.1. The minimum atomic E-state index is -1.09. The van der Waals surface area contributed by atoms with Crippen molar-refractivity contribution in [1.29, 1.82) is 0 Å². The Morgan fingerprint density at radius 3 is 2.82 bits per heavy atom. The van der Waals surface area contributed by atoms with Crippen LogP contribution in [0.25, 0.3) is 0 Å². The summed E-state index contributed by atoms with van der Waals surface area (Å²) in [4.78, 5) is 2.02. The maximum Gasteiger partial charge on any atom is 0.159 e. The van der Waals surface area contributed by atoms with E-state index < -0.39 is 17.2 Å². The fourth-order valence-corrected chi connectivity index (χ4v) is 2.23. The van der Waals surface area contributed by atoms with Crippen molar-refractivity contribution in [3.63, 3.8) is 0 Å². The van der Waals surface area contributed by atoms with Gasteiger partial charge < -0.3 is 5.11 Å². The largest absolute Gasteiger partial charge is 0.384 e. The molecule has 1 aromatic carbocycles. The Morgan fingerprint density at radius 1 is 1.41 bits per heavy atom. The number of aliphatic hydroxyl groups is 1. The Hall–Kier alpha value is -1.26. The predicted octanol–water partition coefficient (Wildman–Crippen LogP) is 2.04. The minimum absolute atomic E-state index is 0.421. The van der Waals surface area contributed by atoms with Gasteiger partial charge in [-0.05, 0) is 24.1 Å². The molecule has 0 saturated carbocycles. The van der Waals surface area contributed by atoms with Gasteiger partial charge in [-0.2, -0.15) is 0 Å². The number of halogens is 2. The summed E-state index contributed by atoms with van der Waals surface area (Å²) in [5.41, 5.74) is -0.652. The molecule has 1 aromatic rings. The number of rotatable bonds is 3. The zero-order chi connectivity index (χ0) is 12.5. The molecule has 17 heavy (non-hydrogen) atoms. The summed E-state index contributed by atoms with van der Waals surface area (Å²) in [6, 6.07) is 3.57. The molecule has 1 saturated heterocycles. The Balaban J connectivity index is 2.21. The SMILES string of the molecule is C=CCN1CCC(O)(c2ccc(F)c(F)c2)C1. The van der Waals surface area contributed by atoms with Crippen LogP contribution in [0, 0.1) is 11.6 Å². The van der Waals surface area contributed by atoms with E-state index >= 15 is 0 Å². The highest BCUT2D eigenvalue weighted by Crippen LogP contribution is 2.32. The lowest BCUT2D eigenvalue weighted by molar-refractivity contribution is 0.0470. The molecule has 0 bridgehead atoms. The molecule has 2 rings (SSSR count). The van der Waals surface area contributed by atoms with Gasteiger partial charge in [-0.25, -0.2) is 8.78 Å². The number of hydrogen-bond acceptors (Lipinski definition) is 2. The first-order valence-electron chi connectivity index (χ1n) is 5.56. The monoisotopic (exact) mass is 239 g/mol. The van der Waals surface area contributed by atoms with Crippen LogP contribution in [-0.4, -0.2) is 29.6 Å². The summed E-state index contributed by atoms with van der Waals surface area (Å²) in [5, 5.41) is 10.4. The highest BCUT2D eigenvalue weighted by atomic mass is 19.2. The van der Waals surface area contributed by atoms with Crippen molar-refractivity contribution in [2.75, 3.05) is 19.6 Å². The molecule has 0 aromatic heterocycles. The van der Waals surface area contributed by atoms with Crippen LogP contribution >= 0.6 is 0 Å². The van der Waals surface area contributed by atoms with Crippen molar-refractivity contribution in [2.24, 2.45) is 0 Å². The molecule has 1 N–H and O–H groups in total. The predicted molar refractivity (Wildman–Crippen MR) is 61.5 cm³/mol. The molecule has 1 aliphatic rings. The number of benzene rings is 1. The second kappa shape index (κ2) is 4.55. The van der Waals surface area contributed by atoms with Crippen molar-refractivity contribution in [1.82, 2.24) is 4.90 Å². The van der Waals surface area contributed by atoms with E-state index in [1.165, 1.54) is 6.07 Å². The summed E-state index contributed by atoms with van der Waals surface area (Å²) in [7, 11) is 0. The molecule has 0 amide bonds. The molecule has 1 heterocycles. The number of β-amino-alcohol motifs (C(OH)–C–C–N with tert-alkyl or cyclic N) is 1. The average molecular weight is 239 g/mol. The van der Waals surface area contributed by atoms with Crippen LogP contribution in [-0.2, 0) is 5.60 Å². The molecule has 4 heteroatoms. The van der Waals surface area contributed by atoms with Gasteiger partial charge in [0.2, 0.25) is 0 Å². The molecular formula is C13H15F2NO. The molecule has 2 nitrogen and oxygen atoms in total. The summed E-state index contributed by atoms with van der Waals surface area (Å²) in [6.07, 6.45) is 2.28. The zero-order valence-corrected chi connectivity index (χ0v) is 9.50. The van der Waals surface area contributed by atoms with Gasteiger partial charge in [0, 0.05) is 19.6 Å². The second-order valence-electron chi connectivity index (χ2n) is 4.43. The van der Waals surface area contributed by atoms with Gasteiger partial charge in [0.1, 0.15) is 5.60 Å². The molecule has 0 spiro atoms. The number of likely N-dealkylation sites (tertiary alicyclic amines) is 1. The van der Waals surface area contributed by atoms with Gasteiger partial charge in [-0.3, -0.25) is 4.90 Å². The van der Waals surface area contributed by atoms with Crippen molar-refractivity contribution in [3.8, 4) is 0 Å². The van der Waals surface area contributed by atoms with E-state index in [1.54, 1.807) is 6.08 Å². The summed E-state index contributed by atoms with van der Waals surface area (Å²) in [5.74, 6) is -1.81. The first kappa shape index (κ1) is 12.2. The Labute approximate surface area is 99.2 Å². The summed E-state index contributed by atoms with van der Waals surface area (Å²) in [6.45, 7) is 5.47. The van der Waals surface area contributed by atoms with E-state index in [1.807, 2.05) is 4.90 Å². The molecule has 1 aliphatic heterocycles. The van der Waals surface area contributed by atoms with Crippen LogP contribution in [0.1, 0.15) is 12.0 Å². The van der Waals surface area contributed by atoms with Crippen molar-refractivity contribution in [3.05, 3.63) is 48.1 Å². The van der Waals surface area contributed by atoms with Crippen molar-refractivity contribution >= 4 is 0 Å². The highest BCUT2D eigenvalue weighted by molar-refractivity contribution is 5.26. The van der Waals surface area contributed by atoms with Gasteiger partial charge in [-0.15, -0.1) is 6.58 Å². The average Bonchev–Trinajstić information content (AvgIpc) is 2.66. The van der Waals surface area contributed by atoms with Crippen LogP contribution in [0.5, 0.6) is 0 Å². The number of hydrogen-bond donors (Lipinski definition) is 1. The third kappa shape index (κ3) is 2.37. The molecule has 92 valence electrons. The van der Waals surface area contributed by atoms with Crippen LogP contribution in [0.4, 0.5) is 8.78 Å². The number of nitrogens with zero attached hydrogens (tertiary/aromatic N) is 1. The third-order valence-corrected chi connectivity index (χ3v) is 3.17. The molecule has 0 aliphatic carbocycles. The zero-order valence-electron chi connectivity index (χ0n) is 9.50. The first-order valence-corrected chi connectivity index (χ1v) is 5.56. The molecule has 1 fully saturated rings. The van der Waals surface area contributed by atoms with Crippen LogP contribution in [0.2, 0.25) is 0 Å². The second-order valence-corrected chi connectivity index (χ2v) is 4.43. The van der Waals surface area contributed by atoms with Crippen LogP contribution in [0.15, 0.2) is 30.9 Å². The van der Waals surface area contributed by atoms with Gasteiger partial charge in [0.25, 0.3) is 0 Å². The van der Waals surface area contributed by atoms with E-state index in [-0.39, 0.29) is 0 Å². The van der Waals surface area contributed by atoms with E-state index in [0.717, 1.165) is 18.7 Å². The molecule has 0 radical (unpaired) electrons.